The molecular weight excluding hydrogens is 226 g/mol. The molecule has 0 unspecified atom stereocenters. The van der Waals surface area contributed by atoms with Gasteiger partial charge in [-0.25, -0.2) is 15.0 Å². The average Bonchev–Trinajstić information content (AvgIpc) is 2.39. The molecule has 5 nitrogen and oxygen atoms in total. The minimum Gasteiger partial charge on any atom is -0.368 e. The Balaban J connectivity index is 2.37. The molecule has 0 saturated carbocycles. The Kier molecular flexibility index (Phi) is 2.37. The van der Waals surface area contributed by atoms with E-state index in [4.69, 9.17) is 5.73 Å². The van der Waals surface area contributed by atoms with Crippen molar-refractivity contribution in [2.45, 2.75) is 6.92 Å². The number of rotatable bonds is 1. The molecule has 0 aliphatic rings. The summed E-state index contributed by atoms with van der Waals surface area (Å²) in [6, 6.07) is 9.77. The van der Waals surface area contributed by atoms with Gasteiger partial charge in [0.1, 0.15) is 11.2 Å². The molecule has 2 aromatic heterocycles. The second kappa shape index (κ2) is 4.03. The Bertz CT molecular complexity index is 709. The molecule has 88 valence electrons. The summed E-state index contributed by atoms with van der Waals surface area (Å²) < 4.78 is 0. The highest BCUT2D eigenvalue weighted by Gasteiger charge is 2.10. The molecule has 0 atom stereocenters. The number of aromatic nitrogens is 4. The van der Waals surface area contributed by atoms with Crippen LogP contribution in [0.15, 0.2) is 36.5 Å². The number of nitrogens with two attached hydrogens (primary N) is 1. The number of fused-ring (bicyclic) bond motifs is 1. The number of aryl methyl sites for hydroxylation is 1. The number of hydrogen-bond acceptors (Lipinski definition) is 5. The van der Waals surface area contributed by atoms with Crippen molar-refractivity contribution >= 4 is 17.1 Å². The zero-order valence-electron chi connectivity index (χ0n) is 9.83. The largest absolute Gasteiger partial charge is 0.368 e. The third kappa shape index (κ3) is 1.75. The van der Waals surface area contributed by atoms with Gasteiger partial charge in [0.25, 0.3) is 0 Å². The van der Waals surface area contributed by atoms with Crippen molar-refractivity contribution in [2.24, 2.45) is 0 Å². The summed E-state index contributed by atoms with van der Waals surface area (Å²) in [6.45, 7) is 1.89. The molecule has 18 heavy (non-hydrogen) atoms. The van der Waals surface area contributed by atoms with E-state index in [9.17, 15) is 0 Å². The van der Waals surface area contributed by atoms with Gasteiger partial charge in [-0.05, 0) is 6.92 Å². The fourth-order valence-electron chi connectivity index (χ4n) is 1.81. The molecule has 3 aromatic rings. The molecule has 5 heteroatoms. The Hall–Kier alpha value is -2.56. The van der Waals surface area contributed by atoms with Gasteiger partial charge < -0.3 is 5.73 Å². The number of nitrogen functional groups attached to an aromatic ring is 1. The quantitative estimate of drug-likeness (QED) is 0.700. The molecule has 1 aromatic carbocycles. The summed E-state index contributed by atoms with van der Waals surface area (Å²) in [5.74, 6) is 0.208. The van der Waals surface area contributed by atoms with Crippen LogP contribution in [0.1, 0.15) is 5.69 Å². The normalized spacial score (nSPS) is 10.7. The molecule has 0 radical (unpaired) electrons. The number of benzene rings is 1. The zero-order valence-corrected chi connectivity index (χ0v) is 9.83. The maximum Gasteiger partial charge on any atom is 0.222 e. The van der Waals surface area contributed by atoms with E-state index in [1.54, 1.807) is 6.20 Å². The fourth-order valence-corrected chi connectivity index (χ4v) is 1.81. The minimum atomic E-state index is 0.208. The number of anilines is 1. The van der Waals surface area contributed by atoms with Crippen LogP contribution < -0.4 is 5.73 Å². The zero-order chi connectivity index (χ0) is 12.5. The molecule has 3 rings (SSSR count). The van der Waals surface area contributed by atoms with Gasteiger partial charge in [0, 0.05) is 5.56 Å². The first kappa shape index (κ1) is 10.6. The van der Waals surface area contributed by atoms with Gasteiger partial charge in [-0.2, -0.15) is 4.98 Å². The predicted molar refractivity (Wildman–Crippen MR) is 69.7 cm³/mol. The van der Waals surface area contributed by atoms with Gasteiger partial charge in [0.15, 0.2) is 5.65 Å². The maximum atomic E-state index is 5.71. The molecule has 2 N–H and O–H groups in total. The Labute approximate surface area is 104 Å². The van der Waals surface area contributed by atoms with E-state index in [2.05, 4.69) is 19.9 Å². The van der Waals surface area contributed by atoms with Crippen LogP contribution in [0, 0.1) is 6.92 Å². The van der Waals surface area contributed by atoms with Crippen molar-refractivity contribution < 1.29 is 0 Å². The fraction of sp³-hybridized carbons (Fsp3) is 0.0769. The van der Waals surface area contributed by atoms with Gasteiger partial charge in [-0.3, -0.25) is 0 Å². The molecule has 0 fully saturated rings. The van der Waals surface area contributed by atoms with E-state index in [0.717, 1.165) is 11.3 Å². The molecule has 0 spiro atoms. The Morgan fingerprint density at radius 3 is 2.56 bits per heavy atom. The van der Waals surface area contributed by atoms with Gasteiger partial charge in [0.05, 0.1) is 11.9 Å². The lowest BCUT2D eigenvalue weighted by molar-refractivity contribution is 1.12. The van der Waals surface area contributed by atoms with E-state index < -0.39 is 0 Å². The molecule has 0 aliphatic carbocycles. The van der Waals surface area contributed by atoms with E-state index in [-0.39, 0.29) is 5.95 Å². The summed E-state index contributed by atoms with van der Waals surface area (Å²) in [5.41, 5.74) is 9.41. The second-order valence-corrected chi connectivity index (χ2v) is 3.98. The Morgan fingerprint density at radius 2 is 1.78 bits per heavy atom. The van der Waals surface area contributed by atoms with Crippen LogP contribution in [0.3, 0.4) is 0 Å². The standard InChI is InChI=1S/C13H11N5/c1-8-7-15-12-11(16-8)10(17-13(14)18-12)9-5-3-2-4-6-9/h2-7H,1H3,(H2,14,15,17,18). The van der Waals surface area contributed by atoms with Gasteiger partial charge in [-0.15, -0.1) is 0 Å². The van der Waals surface area contributed by atoms with Crippen LogP contribution in [-0.4, -0.2) is 19.9 Å². The van der Waals surface area contributed by atoms with Crippen LogP contribution in [-0.2, 0) is 0 Å². The molecule has 2 heterocycles. The second-order valence-electron chi connectivity index (χ2n) is 3.98. The van der Waals surface area contributed by atoms with Crippen LogP contribution >= 0.6 is 0 Å². The van der Waals surface area contributed by atoms with Crippen LogP contribution in [0.5, 0.6) is 0 Å². The van der Waals surface area contributed by atoms with Gasteiger partial charge >= 0.3 is 0 Å². The van der Waals surface area contributed by atoms with E-state index in [1.165, 1.54) is 0 Å². The van der Waals surface area contributed by atoms with Crippen molar-refractivity contribution in [3.8, 4) is 11.3 Å². The lowest BCUT2D eigenvalue weighted by Crippen LogP contribution is -2.01. The molecule has 0 amide bonds. The predicted octanol–water partition coefficient (Wildman–Crippen LogP) is 1.98. The first-order valence-electron chi connectivity index (χ1n) is 5.56. The third-order valence-corrected chi connectivity index (χ3v) is 2.59. The van der Waals surface area contributed by atoms with Crippen molar-refractivity contribution in [2.75, 3.05) is 5.73 Å². The maximum absolute atomic E-state index is 5.71. The van der Waals surface area contributed by atoms with Gasteiger partial charge in [-0.1, -0.05) is 30.3 Å². The average molecular weight is 237 g/mol. The summed E-state index contributed by atoms with van der Waals surface area (Å²) in [6.07, 6.45) is 1.67. The third-order valence-electron chi connectivity index (χ3n) is 2.59. The molecular formula is C13H11N5. The number of nitrogens with zero attached hydrogens (tertiary/aromatic N) is 4. The van der Waals surface area contributed by atoms with Crippen LogP contribution in [0.2, 0.25) is 0 Å². The molecule has 0 aliphatic heterocycles. The van der Waals surface area contributed by atoms with E-state index in [0.29, 0.717) is 16.9 Å². The van der Waals surface area contributed by atoms with Crippen molar-refractivity contribution in [1.29, 1.82) is 0 Å². The molecule has 0 saturated heterocycles. The lowest BCUT2D eigenvalue weighted by atomic mass is 10.1. The molecule has 0 bridgehead atoms. The van der Waals surface area contributed by atoms with Crippen LogP contribution in [0.4, 0.5) is 5.95 Å². The first-order chi connectivity index (χ1) is 8.74. The van der Waals surface area contributed by atoms with E-state index in [1.807, 2.05) is 37.3 Å². The summed E-state index contributed by atoms with van der Waals surface area (Å²) in [7, 11) is 0. The summed E-state index contributed by atoms with van der Waals surface area (Å²) in [4.78, 5) is 17.1. The highest BCUT2D eigenvalue weighted by atomic mass is 15.1. The summed E-state index contributed by atoms with van der Waals surface area (Å²) in [5, 5.41) is 0. The first-order valence-corrected chi connectivity index (χ1v) is 5.56. The lowest BCUT2D eigenvalue weighted by Gasteiger charge is -2.05. The van der Waals surface area contributed by atoms with Crippen molar-refractivity contribution in [3.63, 3.8) is 0 Å². The van der Waals surface area contributed by atoms with Crippen molar-refractivity contribution in [3.05, 3.63) is 42.2 Å². The topological polar surface area (TPSA) is 77.6 Å². The highest BCUT2D eigenvalue weighted by molar-refractivity contribution is 5.87. The number of hydrogen-bond donors (Lipinski definition) is 1. The Morgan fingerprint density at radius 1 is 1.00 bits per heavy atom. The smallest absolute Gasteiger partial charge is 0.222 e. The van der Waals surface area contributed by atoms with Crippen LogP contribution in [0.25, 0.3) is 22.4 Å². The van der Waals surface area contributed by atoms with Gasteiger partial charge in [0.2, 0.25) is 5.95 Å². The SMILES string of the molecule is Cc1cnc2nc(N)nc(-c3ccccc3)c2n1. The van der Waals surface area contributed by atoms with Crippen molar-refractivity contribution in [1.82, 2.24) is 19.9 Å². The highest BCUT2D eigenvalue weighted by Crippen LogP contribution is 2.24. The monoisotopic (exact) mass is 237 g/mol. The minimum absolute atomic E-state index is 0.208. The summed E-state index contributed by atoms with van der Waals surface area (Å²) >= 11 is 0. The van der Waals surface area contributed by atoms with E-state index >= 15 is 0 Å².